The van der Waals surface area contributed by atoms with Crippen LogP contribution in [0.5, 0.6) is 0 Å². The number of carbonyl (C=O) groups is 3. The fourth-order valence-electron chi connectivity index (χ4n) is 7.11. The van der Waals surface area contributed by atoms with Crippen LogP contribution >= 0.6 is 0 Å². The first-order chi connectivity index (χ1) is 24.7. The van der Waals surface area contributed by atoms with Gasteiger partial charge in [0.05, 0.1) is 11.8 Å². The monoisotopic (exact) mass is 740 g/mol. The van der Waals surface area contributed by atoms with Crippen molar-refractivity contribution in [1.82, 2.24) is 0 Å². The zero-order valence-electron chi connectivity index (χ0n) is 34.8. The molecule has 2 heterocycles. The summed E-state index contributed by atoms with van der Waals surface area (Å²) in [4.78, 5) is 65.5. The summed E-state index contributed by atoms with van der Waals surface area (Å²) in [6.45, 7) is 27.4. The third-order valence-corrected chi connectivity index (χ3v) is 10.3. The summed E-state index contributed by atoms with van der Waals surface area (Å²) in [5.41, 5.74) is 2.32. The van der Waals surface area contributed by atoms with Crippen molar-refractivity contribution in [1.29, 1.82) is 0 Å². The van der Waals surface area contributed by atoms with E-state index >= 15 is 0 Å². The van der Waals surface area contributed by atoms with Crippen LogP contribution in [-0.4, -0.2) is 36.2 Å². The molecule has 0 N–H and O–H groups in total. The normalized spacial score (nSPS) is 16.0. The summed E-state index contributed by atoms with van der Waals surface area (Å²) < 4.78 is 30.9. The Bertz CT molecular complexity index is 1740. The summed E-state index contributed by atoms with van der Waals surface area (Å²) in [6.07, 6.45) is 1.25. The van der Waals surface area contributed by atoms with E-state index in [1.807, 2.05) is 68.4 Å². The number of esters is 3. The minimum Gasteiger partial charge on any atom is -0.465 e. The molecule has 53 heavy (non-hydrogen) atoms. The highest BCUT2D eigenvalue weighted by atomic mass is 16.6. The Kier molecular flexibility index (Phi) is 17.0. The molecule has 0 spiro atoms. The van der Waals surface area contributed by atoms with Crippen molar-refractivity contribution >= 4 is 17.9 Å². The van der Waals surface area contributed by atoms with Gasteiger partial charge in [-0.1, -0.05) is 75.3 Å². The molecule has 0 aromatic carbocycles. The summed E-state index contributed by atoms with van der Waals surface area (Å²) in [5, 5.41) is 0. The van der Waals surface area contributed by atoms with Gasteiger partial charge in [0.1, 0.15) is 41.4 Å². The molecule has 0 amide bonds. The predicted octanol–water partition coefficient (Wildman–Crippen LogP) is 8.99. The maximum Gasteiger partial charge on any atom is 0.306 e. The van der Waals surface area contributed by atoms with Crippen molar-refractivity contribution in [2.45, 2.75) is 172 Å². The standard InChI is InChI=1S/C43H64O10/c1-16-32-25(9)37(47)27(11)39(50-32)23(7)21-24(8)40(51-35(45)19-4)30(14)43(52-36(46)20-22(5)6)31(15)42-29(13)38(48)28(12)41(53-42)26(10)33(17-2)49-34(44)18-3/h21-23,26,30-31,33,40,43H,16-20H2,1-15H3. The molecule has 0 radical (unpaired) electrons. The van der Waals surface area contributed by atoms with E-state index in [4.69, 9.17) is 23.0 Å². The van der Waals surface area contributed by atoms with E-state index in [2.05, 4.69) is 0 Å². The van der Waals surface area contributed by atoms with Crippen LogP contribution in [0, 0.1) is 39.5 Å². The van der Waals surface area contributed by atoms with Gasteiger partial charge < -0.3 is 23.0 Å². The van der Waals surface area contributed by atoms with Crippen molar-refractivity contribution in [2.24, 2.45) is 11.8 Å². The Morgan fingerprint density at radius 2 is 1.17 bits per heavy atom. The van der Waals surface area contributed by atoms with Crippen LogP contribution in [0.25, 0.3) is 0 Å². The van der Waals surface area contributed by atoms with Gasteiger partial charge in [-0.15, -0.1) is 0 Å². The zero-order valence-corrected chi connectivity index (χ0v) is 34.8. The maximum absolute atomic E-state index is 13.8. The lowest BCUT2D eigenvalue weighted by molar-refractivity contribution is -0.161. The van der Waals surface area contributed by atoms with Gasteiger partial charge in [0.15, 0.2) is 10.9 Å². The van der Waals surface area contributed by atoms with E-state index in [9.17, 15) is 24.0 Å². The molecule has 2 aromatic heterocycles. The molecule has 7 atom stereocenters. The average Bonchev–Trinajstić information content (AvgIpc) is 3.11. The highest BCUT2D eigenvalue weighted by Crippen LogP contribution is 2.37. The SMILES string of the molecule is CCC(=O)OC(CC)C(C)c1oc(C(C)C(OC(=O)CC(C)C)C(C)C(OC(=O)CC)C(C)=CC(C)c2oc(CC)c(C)c(=O)c2C)c(C)c(=O)c1C. The lowest BCUT2D eigenvalue weighted by Crippen LogP contribution is -2.40. The fraction of sp³-hybridized carbons (Fsp3) is 0.651. The first-order valence-electron chi connectivity index (χ1n) is 19.3. The lowest BCUT2D eigenvalue weighted by Gasteiger charge is -2.35. The van der Waals surface area contributed by atoms with Crippen molar-refractivity contribution in [3.05, 3.63) is 77.4 Å². The molecule has 2 rings (SSSR count). The van der Waals surface area contributed by atoms with Gasteiger partial charge in [0.25, 0.3) is 0 Å². The van der Waals surface area contributed by atoms with E-state index in [1.54, 1.807) is 41.5 Å². The molecule has 0 aliphatic carbocycles. The van der Waals surface area contributed by atoms with Gasteiger partial charge in [-0.2, -0.15) is 0 Å². The molecular formula is C43H64O10. The Morgan fingerprint density at radius 1 is 0.660 bits per heavy atom. The zero-order chi connectivity index (χ0) is 40.5. The molecule has 0 saturated heterocycles. The topological polar surface area (TPSA) is 139 Å². The van der Waals surface area contributed by atoms with Crippen LogP contribution in [0.1, 0.15) is 165 Å². The maximum atomic E-state index is 13.8. The second-order valence-corrected chi connectivity index (χ2v) is 15.0. The minimum absolute atomic E-state index is 0.0219. The fourth-order valence-corrected chi connectivity index (χ4v) is 7.11. The van der Waals surface area contributed by atoms with Gasteiger partial charge >= 0.3 is 17.9 Å². The smallest absolute Gasteiger partial charge is 0.306 e. The molecule has 0 aliphatic rings. The highest BCUT2D eigenvalue weighted by molar-refractivity contribution is 5.70. The molecule has 0 bridgehead atoms. The molecule has 0 aliphatic heterocycles. The van der Waals surface area contributed by atoms with Crippen molar-refractivity contribution < 1.29 is 37.4 Å². The third-order valence-electron chi connectivity index (χ3n) is 10.3. The lowest BCUT2D eigenvalue weighted by atomic mass is 9.82. The average molecular weight is 741 g/mol. The second-order valence-electron chi connectivity index (χ2n) is 15.0. The summed E-state index contributed by atoms with van der Waals surface area (Å²) in [7, 11) is 0. The molecular weight excluding hydrogens is 676 g/mol. The Hall–Kier alpha value is -3.95. The van der Waals surface area contributed by atoms with Gasteiger partial charge in [-0.25, -0.2) is 0 Å². The number of rotatable bonds is 18. The van der Waals surface area contributed by atoms with Gasteiger partial charge in [-0.3, -0.25) is 24.0 Å². The first-order valence-corrected chi connectivity index (χ1v) is 19.3. The number of allylic oxidation sites excluding steroid dienone is 1. The Morgan fingerprint density at radius 3 is 1.68 bits per heavy atom. The van der Waals surface area contributed by atoms with Crippen molar-refractivity contribution in [3.8, 4) is 0 Å². The molecule has 0 saturated carbocycles. The number of hydrogen-bond acceptors (Lipinski definition) is 10. The van der Waals surface area contributed by atoms with Crippen LogP contribution < -0.4 is 10.9 Å². The third kappa shape index (κ3) is 11.0. The minimum atomic E-state index is -0.895. The van der Waals surface area contributed by atoms with Crippen LogP contribution in [0.15, 0.2) is 30.1 Å². The van der Waals surface area contributed by atoms with Crippen LogP contribution in [0.4, 0.5) is 0 Å². The van der Waals surface area contributed by atoms with Crippen molar-refractivity contribution in [3.63, 3.8) is 0 Å². The van der Waals surface area contributed by atoms with Crippen molar-refractivity contribution in [2.75, 3.05) is 0 Å². The number of ether oxygens (including phenoxy) is 3. The second kappa shape index (κ2) is 19.9. The van der Waals surface area contributed by atoms with E-state index in [1.165, 1.54) is 0 Å². The quantitative estimate of drug-likeness (QED) is 0.0826. The number of carbonyl (C=O) groups excluding carboxylic acids is 3. The van der Waals surface area contributed by atoms with Gasteiger partial charge in [0, 0.05) is 59.8 Å². The summed E-state index contributed by atoms with van der Waals surface area (Å²) in [5.74, 6) is -1.33. The number of aryl methyl sites for hydroxylation is 1. The Balaban J connectivity index is 2.79. The van der Waals surface area contributed by atoms with Crippen LogP contribution in [-0.2, 0) is 35.0 Å². The molecule has 10 heteroatoms. The summed E-state index contributed by atoms with van der Waals surface area (Å²) >= 11 is 0. The molecule has 296 valence electrons. The van der Waals surface area contributed by atoms with E-state index in [-0.39, 0.29) is 47.9 Å². The number of hydrogen-bond donors (Lipinski definition) is 0. The van der Waals surface area contributed by atoms with Gasteiger partial charge in [-0.05, 0) is 52.5 Å². The van der Waals surface area contributed by atoms with Crippen LogP contribution in [0.3, 0.4) is 0 Å². The highest BCUT2D eigenvalue weighted by Gasteiger charge is 2.39. The largest absolute Gasteiger partial charge is 0.465 e. The summed E-state index contributed by atoms with van der Waals surface area (Å²) in [6, 6.07) is 0. The van der Waals surface area contributed by atoms with E-state index in [0.717, 1.165) is 0 Å². The van der Waals surface area contributed by atoms with E-state index in [0.29, 0.717) is 63.7 Å². The molecule has 10 nitrogen and oxygen atoms in total. The first kappa shape index (κ1) is 45.2. The predicted molar refractivity (Wildman–Crippen MR) is 206 cm³/mol. The van der Waals surface area contributed by atoms with Crippen LogP contribution in [0.2, 0.25) is 0 Å². The Labute approximate surface area is 316 Å². The molecule has 2 aromatic rings. The van der Waals surface area contributed by atoms with Gasteiger partial charge in [0.2, 0.25) is 0 Å². The molecule has 0 fully saturated rings. The molecule has 7 unspecified atom stereocenters. The van der Waals surface area contributed by atoms with E-state index < -0.39 is 48.0 Å².